The van der Waals surface area contributed by atoms with Gasteiger partial charge in [-0.2, -0.15) is 4.31 Å². The van der Waals surface area contributed by atoms with Crippen LogP contribution in [0.2, 0.25) is 0 Å². The van der Waals surface area contributed by atoms with Crippen molar-refractivity contribution in [2.24, 2.45) is 15.4 Å². The maximum absolute atomic E-state index is 13.1. The van der Waals surface area contributed by atoms with E-state index in [0.29, 0.717) is 18.8 Å². The van der Waals surface area contributed by atoms with Gasteiger partial charge in [-0.05, 0) is 38.0 Å². The van der Waals surface area contributed by atoms with Gasteiger partial charge in [-0.3, -0.25) is 15.0 Å². The molecule has 2 aliphatic heterocycles. The first-order valence-corrected chi connectivity index (χ1v) is 15.3. The van der Waals surface area contributed by atoms with Gasteiger partial charge in [0.05, 0.1) is 13.7 Å². The molecule has 0 saturated carbocycles. The van der Waals surface area contributed by atoms with Crippen LogP contribution in [0, 0.1) is 18.3 Å². The number of hydrogen-bond acceptors (Lipinski definition) is 8. The number of benzene rings is 1. The van der Waals surface area contributed by atoms with Crippen LogP contribution >= 0.6 is 0 Å². The van der Waals surface area contributed by atoms with Gasteiger partial charge >= 0.3 is 0 Å². The molecule has 0 bridgehead atoms. The molecule has 1 fully saturated rings. The maximum atomic E-state index is 13.1. The first-order valence-electron chi connectivity index (χ1n) is 13.9. The summed E-state index contributed by atoms with van der Waals surface area (Å²) in [4.78, 5) is 13.3. The quantitative estimate of drug-likeness (QED) is 0.153. The molecule has 3 rings (SSSR count). The first kappa shape index (κ1) is 37.9. The predicted molar refractivity (Wildman–Crippen MR) is 165 cm³/mol. The molecule has 2 aliphatic rings. The van der Waals surface area contributed by atoms with Crippen LogP contribution < -0.4 is 11.0 Å². The second-order valence-electron chi connectivity index (χ2n) is 9.53. The fourth-order valence-corrected chi connectivity index (χ4v) is 5.36. The van der Waals surface area contributed by atoms with Crippen LogP contribution in [0.3, 0.4) is 0 Å². The zero-order valence-electron chi connectivity index (χ0n) is 25.8. The monoisotopic (exact) mass is 595 g/mol. The van der Waals surface area contributed by atoms with Gasteiger partial charge in [-0.1, -0.05) is 60.5 Å². The number of aliphatic imine (C=N–C) groups is 2. The fourth-order valence-electron chi connectivity index (χ4n) is 3.74. The van der Waals surface area contributed by atoms with Crippen LogP contribution in [0.4, 0.5) is 5.69 Å². The molecule has 2 heterocycles. The molecular formula is C29H49N5O6S. The lowest BCUT2D eigenvalue weighted by Crippen LogP contribution is -2.38. The Balaban J connectivity index is 0.00000210. The number of terminal acetylenes is 1. The minimum atomic E-state index is -3.88. The third kappa shape index (κ3) is 11.0. The van der Waals surface area contributed by atoms with E-state index in [9.17, 15) is 18.7 Å². The van der Waals surface area contributed by atoms with E-state index < -0.39 is 15.8 Å². The number of phenols is 1. The number of amidine groups is 2. The molecule has 1 saturated heterocycles. The van der Waals surface area contributed by atoms with Crippen molar-refractivity contribution in [2.45, 2.75) is 85.1 Å². The summed E-state index contributed by atoms with van der Waals surface area (Å²) in [6.07, 6.45) is 13.7. The molecule has 12 heteroatoms. The average molecular weight is 596 g/mol. The van der Waals surface area contributed by atoms with Crippen molar-refractivity contribution in [1.82, 2.24) is 15.3 Å². The summed E-state index contributed by atoms with van der Waals surface area (Å²) in [5, 5.41) is 20.5. The third-order valence-corrected chi connectivity index (χ3v) is 7.90. The van der Waals surface area contributed by atoms with Gasteiger partial charge < -0.3 is 9.84 Å². The van der Waals surface area contributed by atoms with E-state index in [1.165, 1.54) is 36.0 Å². The summed E-state index contributed by atoms with van der Waals surface area (Å²) in [5.41, 5.74) is 4.28. The lowest BCUT2D eigenvalue weighted by Gasteiger charge is -2.26. The van der Waals surface area contributed by atoms with Crippen LogP contribution in [0.25, 0.3) is 0 Å². The summed E-state index contributed by atoms with van der Waals surface area (Å²) in [5.74, 6) is -0.0243. The Kier molecular flexibility index (Phi) is 17.6. The molecule has 1 unspecified atom stereocenters. The third-order valence-electron chi connectivity index (χ3n) is 5.97. The Bertz CT molecular complexity index is 1140. The maximum Gasteiger partial charge on any atom is 0.246 e. The average Bonchev–Trinajstić information content (AvgIpc) is 3.23. The van der Waals surface area contributed by atoms with Crippen LogP contribution in [0.1, 0.15) is 74.1 Å². The number of para-hydroxylation sites is 1. The molecule has 0 aromatic heterocycles. The highest BCUT2D eigenvalue weighted by atomic mass is 32.2. The molecule has 4 N–H and O–H groups in total. The molecule has 1 aromatic carbocycles. The van der Waals surface area contributed by atoms with Crippen molar-refractivity contribution in [3.63, 3.8) is 0 Å². The van der Waals surface area contributed by atoms with Gasteiger partial charge in [0.2, 0.25) is 10.0 Å². The van der Waals surface area contributed by atoms with E-state index in [1.54, 1.807) is 0 Å². The number of nitrogens with zero attached hydrogens (tertiary/aromatic N) is 3. The van der Waals surface area contributed by atoms with E-state index in [4.69, 9.17) is 9.57 Å². The molecule has 11 nitrogen and oxygen atoms in total. The summed E-state index contributed by atoms with van der Waals surface area (Å²) in [6.45, 7) is 15.2. The summed E-state index contributed by atoms with van der Waals surface area (Å²) >= 11 is 0. The lowest BCUT2D eigenvalue weighted by atomic mass is 9.89. The summed E-state index contributed by atoms with van der Waals surface area (Å²) in [7, 11) is -2.54. The summed E-state index contributed by atoms with van der Waals surface area (Å²) in [6, 6.07) is 4.28. The number of hydroxylamine groups is 2. The number of aromatic hydroxyl groups is 1. The largest absolute Gasteiger partial charge is 0.504 e. The molecule has 1 atom stereocenters. The number of rotatable bonds is 6. The van der Waals surface area contributed by atoms with Gasteiger partial charge in [-0.25, -0.2) is 24.4 Å². The zero-order valence-corrected chi connectivity index (χ0v) is 26.6. The van der Waals surface area contributed by atoms with Crippen LogP contribution in [0.15, 0.2) is 44.9 Å². The Hall–Kier alpha value is -3.11. The minimum Gasteiger partial charge on any atom is -0.504 e. The molecular weight excluding hydrogens is 546 g/mol. The Morgan fingerprint density at radius 2 is 1.76 bits per heavy atom. The normalized spacial score (nSPS) is 18.6. The van der Waals surface area contributed by atoms with Crippen LogP contribution in [-0.2, 0) is 19.6 Å². The predicted octanol–water partition coefficient (Wildman–Crippen LogP) is 5.15. The van der Waals surface area contributed by atoms with Crippen molar-refractivity contribution in [3.05, 3.63) is 30.0 Å². The zero-order chi connectivity index (χ0) is 31.6. The second-order valence-corrected chi connectivity index (χ2v) is 11.4. The number of piperidine rings is 1. The van der Waals surface area contributed by atoms with Gasteiger partial charge in [0.1, 0.15) is 22.4 Å². The number of hydrogen-bond donors (Lipinski definition) is 4. The minimum absolute atomic E-state index is 0.0185. The summed E-state index contributed by atoms with van der Waals surface area (Å²) < 4.78 is 33.3. The molecule has 41 heavy (non-hydrogen) atoms. The Morgan fingerprint density at radius 3 is 2.24 bits per heavy atom. The van der Waals surface area contributed by atoms with E-state index in [-0.39, 0.29) is 40.3 Å². The highest BCUT2D eigenvalue weighted by molar-refractivity contribution is 7.89. The van der Waals surface area contributed by atoms with Crippen molar-refractivity contribution in [2.75, 3.05) is 26.7 Å². The Morgan fingerprint density at radius 1 is 1.17 bits per heavy atom. The van der Waals surface area contributed by atoms with Crippen molar-refractivity contribution in [1.29, 1.82) is 0 Å². The number of ether oxygens (including phenoxy) is 1. The first-order chi connectivity index (χ1) is 19.5. The van der Waals surface area contributed by atoms with Gasteiger partial charge in [0, 0.05) is 18.5 Å². The number of nitrogens with one attached hydrogen (secondary N) is 2. The molecule has 0 spiro atoms. The Labute approximate surface area is 246 Å². The van der Waals surface area contributed by atoms with Gasteiger partial charge in [0.25, 0.3) is 0 Å². The van der Waals surface area contributed by atoms with E-state index >= 15 is 0 Å². The van der Waals surface area contributed by atoms with Gasteiger partial charge in [-0.15, -0.1) is 12.8 Å². The van der Waals surface area contributed by atoms with E-state index in [2.05, 4.69) is 42.2 Å². The number of sulfonamides is 1. The number of phenolic OH excluding ortho intramolecular Hbond substituents is 1. The highest BCUT2D eigenvalue weighted by Gasteiger charge is 2.33. The molecule has 1 aromatic rings. The van der Waals surface area contributed by atoms with Crippen LogP contribution in [-0.4, -0.2) is 67.6 Å². The van der Waals surface area contributed by atoms with Crippen molar-refractivity contribution >= 4 is 27.4 Å². The van der Waals surface area contributed by atoms with Crippen molar-refractivity contribution in [3.8, 4) is 18.6 Å². The lowest BCUT2D eigenvalue weighted by molar-refractivity contribution is 0.0934. The van der Waals surface area contributed by atoms with Gasteiger partial charge in [0.15, 0.2) is 17.4 Å². The highest BCUT2D eigenvalue weighted by Crippen LogP contribution is 2.36. The second kappa shape index (κ2) is 19.1. The standard InChI is InChI=1S/C22H33N5O6S.C3H8.C2H6.C2H2/c1-15-22(2,3)13-16(33-15)14-23-20(25-29)21(26-32-4)24-17-9-8-10-18(19(17)28)34(30,31)27-11-6-5-7-12-27;1-3-2;2*1-2/h8-10,13,15,28-29H,5-7,11-12,14H2,1-4H3,(H,23,25)(H,24,26);3H2,1-2H3;1-2H3;1-2H. The molecule has 0 radical (unpaired) electrons. The smallest absolute Gasteiger partial charge is 0.246 e. The molecule has 232 valence electrons. The molecule has 0 aliphatic carbocycles. The van der Waals surface area contributed by atoms with Crippen molar-refractivity contribution < 1.29 is 28.3 Å². The SMILES string of the molecule is C#C.CC.CCC.CONC(=Nc1cccc(S(=O)(=O)N2CCCCC2)c1O)C(=NCC1=CC(C)(C)C(C)O1)NO. The fraction of sp³-hybridized carbons (Fsp3) is 0.586. The van der Waals surface area contributed by atoms with Crippen LogP contribution in [0.5, 0.6) is 5.75 Å². The van der Waals surface area contributed by atoms with E-state index in [0.717, 1.165) is 19.3 Å². The molecule has 0 amide bonds. The van der Waals surface area contributed by atoms with E-state index in [1.807, 2.05) is 46.2 Å². The topological polar surface area (TPSA) is 145 Å².